The molecule has 0 saturated carbocycles. The van der Waals surface area contributed by atoms with Crippen LogP contribution < -0.4 is 15.4 Å². The van der Waals surface area contributed by atoms with E-state index in [0.717, 1.165) is 4.47 Å². The summed E-state index contributed by atoms with van der Waals surface area (Å²) in [5, 5.41) is 5.46. The largest absolute Gasteiger partial charge is 0.496 e. The molecule has 22 heavy (non-hydrogen) atoms. The van der Waals surface area contributed by atoms with Crippen molar-refractivity contribution in [1.82, 2.24) is 5.32 Å². The van der Waals surface area contributed by atoms with Crippen molar-refractivity contribution in [2.24, 2.45) is 0 Å². The van der Waals surface area contributed by atoms with Crippen molar-refractivity contribution in [2.75, 3.05) is 12.4 Å². The Labute approximate surface area is 140 Å². The molecule has 7 heteroatoms. The molecule has 0 fully saturated rings. The van der Waals surface area contributed by atoms with Crippen LogP contribution in [0.2, 0.25) is 0 Å². The Kier molecular flexibility index (Phi) is 5.46. The molecule has 0 atom stereocenters. The zero-order valence-corrected chi connectivity index (χ0v) is 13.9. The minimum Gasteiger partial charge on any atom is -0.496 e. The van der Waals surface area contributed by atoms with Crippen molar-refractivity contribution in [3.8, 4) is 5.75 Å². The highest BCUT2D eigenvalue weighted by atomic mass is 79.9. The molecule has 2 aromatic carbocycles. The molecule has 0 aliphatic carbocycles. The predicted octanol–water partition coefficient (Wildman–Crippen LogP) is 3.72. The van der Waals surface area contributed by atoms with E-state index in [-0.39, 0.29) is 10.9 Å². The highest BCUT2D eigenvalue weighted by Crippen LogP contribution is 2.22. The van der Waals surface area contributed by atoms with E-state index in [1.54, 1.807) is 18.2 Å². The summed E-state index contributed by atoms with van der Waals surface area (Å²) in [6, 6.07) is 10.7. The van der Waals surface area contributed by atoms with E-state index in [9.17, 15) is 9.18 Å². The summed E-state index contributed by atoms with van der Waals surface area (Å²) in [5.41, 5.74) is 0.924. The second-order valence-electron chi connectivity index (χ2n) is 4.26. The van der Waals surface area contributed by atoms with Crippen LogP contribution in [0.3, 0.4) is 0 Å². The number of rotatable bonds is 3. The monoisotopic (exact) mass is 382 g/mol. The lowest BCUT2D eigenvalue weighted by molar-refractivity contribution is 0.0974. The maximum Gasteiger partial charge on any atom is 0.261 e. The van der Waals surface area contributed by atoms with Crippen LogP contribution >= 0.6 is 28.1 Å². The number of halogens is 2. The molecule has 0 aliphatic rings. The highest BCUT2D eigenvalue weighted by molar-refractivity contribution is 9.10. The first-order valence-electron chi connectivity index (χ1n) is 6.21. The van der Waals surface area contributed by atoms with Gasteiger partial charge in [0.1, 0.15) is 11.6 Å². The van der Waals surface area contributed by atoms with Gasteiger partial charge in [-0.3, -0.25) is 10.1 Å². The van der Waals surface area contributed by atoms with Crippen molar-refractivity contribution in [3.63, 3.8) is 0 Å². The van der Waals surface area contributed by atoms with Crippen LogP contribution in [0.1, 0.15) is 10.4 Å². The Balaban J connectivity index is 2.06. The predicted molar refractivity (Wildman–Crippen MR) is 90.8 cm³/mol. The van der Waals surface area contributed by atoms with E-state index in [0.29, 0.717) is 17.0 Å². The molecule has 0 saturated heterocycles. The standard InChI is InChI=1S/C15H12BrFN2O2S/c1-21-13-7-2-9(16)8-12(13)14(20)19-15(22)18-11-5-3-10(17)4-6-11/h2-8H,1H3,(H2,18,19,20,22). The third-order valence-electron chi connectivity index (χ3n) is 2.74. The van der Waals surface area contributed by atoms with Gasteiger partial charge < -0.3 is 10.1 Å². The zero-order valence-electron chi connectivity index (χ0n) is 11.5. The highest BCUT2D eigenvalue weighted by Gasteiger charge is 2.14. The van der Waals surface area contributed by atoms with Crippen LogP contribution in [0, 0.1) is 5.82 Å². The van der Waals surface area contributed by atoms with Gasteiger partial charge >= 0.3 is 0 Å². The summed E-state index contributed by atoms with van der Waals surface area (Å²) in [4.78, 5) is 12.2. The van der Waals surface area contributed by atoms with Gasteiger partial charge in [-0.05, 0) is 54.7 Å². The Hall–Kier alpha value is -1.99. The van der Waals surface area contributed by atoms with Crippen LogP contribution in [0.5, 0.6) is 5.75 Å². The Morgan fingerprint density at radius 1 is 1.23 bits per heavy atom. The van der Waals surface area contributed by atoms with Crippen molar-refractivity contribution in [3.05, 3.63) is 58.3 Å². The number of ether oxygens (including phenoxy) is 1. The van der Waals surface area contributed by atoms with Crippen molar-refractivity contribution in [2.45, 2.75) is 0 Å². The molecule has 0 bridgehead atoms. The van der Waals surface area contributed by atoms with Crippen molar-refractivity contribution in [1.29, 1.82) is 0 Å². The number of anilines is 1. The van der Waals surface area contributed by atoms with E-state index >= 15 is 0 Å². The number of methoxy groups -OCH3 is 1. The van der Waals surface area contributed by atoms with Gasteiger partial charge in [0.2, 0.25) is 0 Å². The average molecular weight is 383 g/mol. The minimum absolute atomic E-state index is 0.110. The molecule has 0 aliphatic heterocycles. The number of nitrogens with one attached hydrogen (secondary N) is 2. The summed E-state index contributed by atoms with van der Waals surface area (Å²) >= 11 is 8.37. The molecule has 0 spiro atoms. The third kappa shape index (κ3) is 4.25. The molecular weight excluding hydrogens is 371 g/mol. The Morgan fingerprint density at radius 3 is 2.55 bits per heavy atom. The molecule has 1 amide bonds. The van der Waals surface area contributed by atoms with Gasteiger partial charge in [-0.25, -0.2) is 4.39 Å². The van der Waals surface area contributed by atoms with E-state index in [1.807, 2.05) is 0 Å². The first-order valence-corrected chi connectivity index (χ1v) is 7.41. The van der Waals surface area contributed by atoms with E-state index in [1.165, 1.54) is 31.4 Å². The molecule has 4 nitrogen and oxygen atoms in total. The summed E-state index contributed by atoms with van der Waals surface area (Å²) in [7, 11) is 1.48. The van der Waals surface area contributed by atoms with Crippen LogP contribution in [0.15, 0.2) is 46.9 Å². The van der Waals surface area contributed by atoms with Crippen LogP contribution in [-0.2, 0) is 0 Å². The molecule has 0 heterocycles. The number of benzene rings is 2. The van der Waals surface area contributed by atoms with Crippen molar-refractivity contribution >= 4 is 44.9 Å². The normalized spacial score (nSPS) is 9.95. The van der Waals surface area contributed by atoms with Crippen LogP contribution in [0.25, 0.3) is 0 Å². The van der Waals surface area contributed by atoms with Gasteiger partial charge in [0, 0.05) is 10.2 Å². The first kappa shape index (κ1) is 16.4. The lowest BCUT2D eigenvalue weighted by Crippen LogP contribution is -2.34. The molecule has 0 radical (unpaired) electrons. The number of amides is 1. The molecule has 0 unspecified atom stereocenters. The van der Waals surface area contributed by atoms with E-state index in [4.69, 9.17) is 17.0 Å². The number of thiocarbonyl (C=S) groups is 1. The molecule has 0 aromatic heterocycles. The second kappa shape index (κ2) is 7.33. The topological polar surface area (TPSA) is 50.4 Å². The zero-order chi connectivity index (χ0) is 16.1. The second-order valence-corrected chi connectivity index (χ2v) is 5.58. The molecule has 2 rings (SSSR count). The first-order chi connectivity index (χ1) is 10.5. The maximum atomic E-state index is 12.8. The SMILES string of the molecule is COc1ccc(Br)cc1C(=O)NC(=S)Nc1ccc(F)cc1. The number of carbonyl (C=O) groups is 1. The summed E-state index contributed by atoms with van der Waals surface area (Å²) in [5.74, 6) is -0.317. The van der Waals surface area contributed by atoms with Gasteiger partial charge in [-0.1, -0.05) is 15.9 Å². The maximum absolute atomic E-state index is 12.8. The lowest BCUT2D eigenvalue weighted by atomic mass is 10.2. The summed E-state index contributed by atoms with van der Waals surface area (Å²) < 4.78 is 18.7. The third-order valence-corrected chi connectivity index (χ3v) is 3.43. The Morgan fingerprint density at radius 2 is 1.91 bits per heavy atom. The average Bonchev–Trinajstić information content (AvgIpc) is 2.49. The van der Waals surface area contributed by atoms with Gasteiger partial charge in [-0.15, -0.1) is 0 Å². The molecule has 2 aromatic rings. The van der Waals surface area contributed by atoms with Crippen LogP contribution in [0.4, 0.5) is 10.1 Å². The smallest absolute Gasteiger partial charge is 0.261 e. The lowest BCUT2D eigenvalue weighted by Gasteiger charge is -2.12. The van der Waals surface area contributed by atoms with Crippen LogP contribution in [-0.4, -0.2) is 18.1 Å². The fourth-order valence-electron chi connectivity index (χ4n) is 1.72. The van der Waals surface area contributed by atoms with Gasteiger partial charge in [0.05, 0.1) is 12.7 Å². The van der Waals surface area contributed by atoms with Gasteiger partial charge in [-0.2, -0.15) is 0 Å². The summed E-state index contributed by atoms with van der Waals surface area (Å²) in [6.07, 6.45) is 0. The fourth-order valence-corrected chi connectivity index (χ4v) is 2.30. The van der Waals surface area contributed by atoms with E-state index < -0.39 is 5.91 Å². The number of carbonyl (C=O) groups excluding carboxylic acids is 1. The Bertz CT molecular complexity index is 707. The van der Waals surface area contributed by atoms with Gasteiger partial charge in [0.25, 0.3) is 5.91 Å². The van der Waals surface area contributed by atoms with E-state index in [2.05, 4.69) is 26.6 Å². The molecule has 114 valence electrons. The quantitative estimate of drug-likeness (QED) is 0.794. The molecular formula is C15H12BrFN2O2S. The summed E-state index contributed by atoms with van der Waals surface area (Å²) in [6.45, 7) is 0. The minimum atomic E-state index is -0.405. The fraction of sp³-hybridized carbons (Fsp3) is 0.0667. The number of hydrogen-bond donors (Lipinski definition) is 2. The number of hydrogen-bond acceptors (Lipinski definition) is 3. The van der Waals surface area contributed by atoms with Gasteiger partial charge in [0.15, 0.2) is 5.11 Å². The molecule has 2 N–H and O–H groups in total. The van der Waals surface area contributed by atoms with Crippen molar-refractivity contribution < 1.29 is 13.9 Å².